The van der Waals surface area contributed by atoms with Crippen LogP contribution >= 0.6 is 11.8 Å². The number of hydrogen-bond acceptors (Lipinski definition) is 3. The lowest BCUT2D eigenvalue weighted by molar-refractivity contribution is 0.102. The van der Waals surface area contributed by atoms with Crippen LogP contribution in [0.25, 0.3) is 0 Å². The Morgan fingerprint density at radius 2 is 1.61 bits per heavy atom. The smallest absolute Gasteiger partial charge is 0.173 e. The molecule has 28 heavy (non-hydrogen) atoms. The zero-order chi connectivity index (χ0) is 20.0. The summed E-state index contributed by atoms with van der Waals surface area (Å²) in [6, 6.07) is 18.1. The highest BCUT2D eigenvalue weighted by Gasteiger charge is 2.18. The zero-order valence-electron chi connectivity index (χ0n) is 17.1. The first-order chi connectivity index (χ1) is 13.4. The monoisotopic (exact) mass is 394 g/mol. The summed E-state index contributed by atoms with van der Waals surface area (Å²) in [6.07, 6.45) is 3.66. The lowest BCUT2D eigenvalue weighted by atomic mass is 9.86. The molecule has 0 bridgehead atoms. The number of ketones is 1. The average molecular weight is 395 g/mol. The zero-order valence-corrected chi connectivity index (χ0v) is 18.0. The van der Waals surface area contributed by atoms with E-state index in [1.807, 2.05) is 42.5 Å². The second kappa shape index (κ2) is 9.42. The van der Waals surface area contributed by atoms with Gasteiger partial charge in [0, 0.05) is 18.7 Å². The standard InChI is InChI=1S/C24H30N2OS/c1-24(2,3)20-14-12-19(13-15-20)22(27)18-28-23(26-16-8-5-9-17-26)25-21-10-6-4-7-11-21/h4,6-7,10-15H,5,8-9,16-18H2,1-3H3. The minimum Gasteiger partial charge on any atom is -0.351 e. The summed E-state index contributed by atoms with van der Waals surface area (Å²) in [7, 11) is 0. The first-order valence-electron chi connectivity index (χ1n) is 10.1. The fraction of sp³-hybridized carbons (Fsp3) is 0.417. The van der Waals surface area contributed by atoms with Crippen molar-refractivity contribution in [2.45, 2.75) is 45.4 Å². The van der Waals surface area contributed by atoms with Crippen molar-refractivity contribution in [1.29, 1.82) is 0 Å². The number of piperidine rings is 1. The third-order valence-electron chi connectivity index (χ3n) is 5.01. The summed E-state index contributed by atoms with van der Waals surface area (Å²) >= 11 is 1.56. The van der Waals surface area contributed by atoms with Crippen LogP contribution in [0, 0.1) is 0 Å². The minimum atomic E-state index is 0.0973. The van der Waals surface area contributed by atoms with Gasteiger partial charge in [0.15, 0.2) is 11.0 Å². The van der Waals surface area contributed by atoms with Crippen LogP contribution in [0.4, 0.5) is 5.69 Å². The Morgan fingerprint density at radius 3 is 2.21 bits per heavy atom. The normalized spacial score (nSPS) is 15.5. The molecule has 0 amide bonds. The molecule has 4 heteroatoms. The summed E-state index contributed by atoms with van der Waals surface area (Å²) < 4.78 is 0. The number of carbonyl (C=O) groups excluding carboxylic acids is 1. The van der Waals surface area contributed by atoms with Crippen molar-refractivity contribution in [3.8, 4) is 0 Å². The van der Waals surface area contributed by atoms with Gasteiger partial charge in [0.1, 0.15) is 0 Å². The highest BCUT2D eigenvalue weighted by atomic mass is 32.2. The summed E-state index contributed by atoms with van der Waals surface area (Å²) in [4.78, 5) is 19.9. The van der Waals surface area contributed by atoms with Gasteiger partial charge in [-0.3, -0.25) is 4.79 Å². The summed E-state index contributed by atoms with van der Waals surface area (Å²) in [5.41, 5.74) is 3.06. The first kappa shape index (κ1) is 20.7. The van der Waals surface area contributed by atoms with E-state index in [4.69, 9.17) is 4.99 Å². The molecule has 0 aromatic heterocycles. The fourth-order valence-electron chi connectivity index (χ4n) is 3.26. The second-order valence-electron chi connectivity index (χ2n) is 8.32. The predicted molar refractivity (Wildman–Crippen MR) is 121 cm³/mol. The minimum absolute atomic E-state index is 0.0973. The fourth-order valence-corrected chi connectivity index (χ4v) is 4.22. The average Bonchev–Trinajstić information content (AvgIpc) is 2.71. The molecule has 0 aliphatic carbocycles. The van der Waals surface area contributed by atoms with Crippen molar-refractivity contribution in [3.05, 3.63) is 65.7 Å². The molecule has 0 spiro atoms. The Kier molecular flexibility index (Phi) is 6.95. The highest BCUT2D eigenvalue weighted by Crippen LogP contribution is 2.24. The van der Waals surface area contributed by atoms with Gasteiger partial charge in [-0.05, 0) is 42.4 Å². The Morgan fingerprint density at radius 1 is 0.964 bits per heavy atom. The Bertz CT molecular complexity index is 801. The number of para-hydroxylation sites is 1. The molecule has 1 fully saturated rings. The van der Waals surface area contributed by atoms with Crippen LogP contribution in [0.5, 0.6) is 0 Å². The molecule has 0 N–H and O–H groups in total. The third kappa shape index (κ3) is 5.71. The van der Waals surface area contributed by atoms with Crippen molar-refractivity contribution in [2.24, 2.45) is 4.99 Å². The number of hydrogen-bond donors (Lipinski definition) is 0. The van der Waals surface area contributed by atoms with Crippen molar-refractivity contribution in [1.82, 2.24) is 4.90 Å². The van der Waals surface area contributed by atoms with Crippen LogP contribution in [0.3, 0.4) is 0 Å². The van der Waals surface area contributed by atoms with Crippen molar-refractivity contribution in [3.63, 3.8) is 0 Å². The van der Waals surface area contributed by atoms with Gasteiger partial charge >= 0.3 is 0 Å². The first-order valence-corrected chi connectivity index (χ1v) is 11.1. The Hall–Kier alpha value is -2.07. The van der Waals surface area contributed by atoms with E-state index in [0.717, 1.165) is 29.5 Å². The molecule has 2 aromatic rings. The van der Waals surface area contributed by atoms with Gasteiger partial charge in [0.25, 0.3) is 0 Å². The number of likely N-dealkylation sites (tertiary alicyclic amines) is 1. The quantitative estimate of drug-likeness (QED) is 0.358. The van der Waals surface area contributed by atoms with Crippen molar-refractivity contribution < 1.29 is 4.79 Å². The molecule has 1 aliphatic rings. The van der Waals surface area contributed by atoms with Crippen LogP contribution in [0.15, 0.2) is 59.6 Å². The van der Waals surface area contributed by atoms with Gasteiger partial charge < -0.3 is 4.90 Å². The van der Waals surface area contributed by atoms with Crippen LogP contribution in [0.1, 0.15) is 56.0 Å². The van der Waals surface area contributed by atoms with E-state index < -0.39 is 0 Å². The molecule has 0 unspecified atom stereocenters. The highest BCUT2D eigenvalue weighted by molar-refractivity contribution is 8.14. The molecular weight excluding hydrogens is 364 g/mol. The maximum atomic E-state index is 12.8. The number of benzene rings is 2. The van der Waals surface area contributed by atoms with Crippen LogP contribution < -0.4 is 0 Å². The maximum absolute atomic E-state index is 12.8. The number of rotatable bonds is 4. The summed E-state index contributed by atoms with van der Waals surface area (Å²) in [5.74, 6) is 0.569. The molecule has 1 heterocycles. The van der Waals surface area contributed by atoms with Gasteiger partial charge in [-0.2, -0.15) is 0 Å². The lowest BCUT2D eigenvalue weighted by Gasteiger charge is -2.29. The number of carbonyl (C=O) groups is 1. The van der Waals surface area contributed by atoms with Gasteiger partial charge in [-0.1, -0.05) is 75.0 Å². The SMILES string of the molecule is CC(C)(C)c1ccc(C(=O)CSC(=Nc2ccccc2)N2CCCCC2)cc1. The van der Waals surface area contributed by atoms with E-state index in [1.54, 1.807) is 11.8 Å². The number of nitrogens with zero attached hydrogens (tertiary/aromatic N) is 2. The topological polar surface area (TPSA) is 32.7 Å². The molecule has 0 atom stereocenters. The molecule has 2 aromatic carbocycles. The molecule has 3 rings (SSSR count). The number of aliphatic imine (C=N–C) groups is 1. The maximum Gasteiger partial charge on any atom is 0.173 e. The number of amidine groups is 1. The second-order valence-corrected chi connectivity index (χ2v) is 9.26. The van der Waals surface area contributed by atoms with E-state index in [9.17, 15) is 4.79 Å². The van der Waals surface area contributed by atoms with E-state index in [1.165, 1.54) is 24.8 Å². The van der Waals surface area contributed by atoms with E-state index >= 15 is 0 Å². The Labute approximate surface area is 173 Å². The van der Waals surface area contributed by atoms with E-state index in [2.05, 4.69) is 37.8 Å². The van der Waals surface area contributed by atoms with Crippen molar-refractivity contribution >= 4 is 28.4 Å². The Balaban J connectivity index is 1.70. The molecule has 148 valence electrons. The number of Topliss-reactive ketones (excluding diaryl/α,β-unsaturated/α-hetero) is 1. The summed E-state index contributed by atoms with van der Waals surface area (Å²) in [5, 5.41) is 0.963. The van der Waals surface area contributed by atoms with E-state index in [0.29, 0.717) is 5.75 Å². The molecular formula is C24H30N2OS. The number of thioether (sulfide) groups is 1. The van der Waals surface area contributed by atoms with Gasteiger partial charge in [0.05, 0.1) is 11.4 Å². The molecule has 1 aliphatic heterocycles. The van der Waals surface area contributed by atoms with Gasteiger partial charge in [0.2, 0.25) is 0 Å². The molecule has 3 nitrogen and oxygen atoms in total. The van der Waals surface area contributed by atoms with E-state index in [-0.39, 0.29) is 11.2 Å². The predicted octanol–water partition coefficient (Wildman–Crippen LogP) is 6.07. The molecule has 0 radical (unpaired) electrons. The van der Waals surface area contributed by atoms with Crippen LogP contribution in [0.2, 0.25) is 0 Å². The van der Waals surface area contributed by atoms with Crippen LogP contribution in [-0.2, 0) is 5.41 Å². The van der Waals surface area contributed by atoms with Crippen molar-refractivity contribution in [2.75, 3.05) is 18.8 Å². The van der Waals surface area contributed by atoms with Crippen LogP contribution in [-0.4, -0.2) is 34.7 Å². The molecule has 1 saturated heterocycles. The molecule has 0 saturated carbocycles. The van der Waals surface area contributed by atoms with Gasteiger partial charge in [-0.15, -0.1) is 0 Å². The summed E-state index contributed by atoms with van der Waals surface area (Å²) in [6.45, 7) is 8.60. The largest absolute Gasteiger partial charge is 0.351 e. The van der Waals surface area contributed by atoms with Gasteiger partial charge in [-0.25, -0.2) is 4.99 Å². The lowest BCUT2D eigenvalue weighted by Crippen LogP contribution is -2.34. The third-order valence-corrected chi connectivity index (χ3v) is 6.03.